The second kappa shape index (κ2) is 6.15. The molecule has 2 amide bonds. The van der Waals surface area contributed by atoms with Gasteiger partial charge < -0.3 is 20.7 Å². The molecule has 18 heavy (non-hydrogen) atoms. The van der Waals surface area contributed by atoms with E-state index in [0.29, 0.717) is 13.2 Å². The Morgan fingerprint density at radius 3 is 2.56 bits per heavy atom. The summed E-state index contributed by atoms with van der Waals surface area (Å²) in [6, 6.07) is -0.255. The quantitative estimate of drug-likeness (QED) is 0.683. The van der Waals surface area contributed by atoms with Crippen LogP contribution in [0.2, 0.25) is 0 Å². The Kier molecular flexibility index (Phi) is 4.54. The number of ether oxygens (including phenoxy) is 1. The molecular formula is C12H21N3O3. The van der Waals surface area contributed by atoms with Gasteiger partial charge in [-0.05, 0) is 19.3 Å². The summed E-state index contributed by atoms with van der Waals surface area (Å²) in [5, 5.41) is 2.66. The van der Waals surface area contributed by atoms with Gasteiger partial charge in [0.2, 0.25) is 11.8 Å². The summed E-state index contributed by atoms with van der Waals surface area (Å²) >= 11 is 0. The fourth-order valence-electron chi connectivity index (χ4n) is 2.39. The second-order valence-corrected chi connectivity index (χ2v) is 4.97. The molecule has 0 saturated carbocycles. The molecule has 2 aliphatic heterocycles. The number of nitrogens with zero attached hydrogens (tertiary/aromatic N) is 1. The van der Waals surface area contributed by atoms with Gasteiger partial charge in [-0.25, -0.2) is 0 Å². The van der Waals surface area contributed by atoms with Crippen LogP contribution in [-0.2, 0) is 14.3 Å². The van der Waals surface area contributed by atoms with Crippen molar-refractivity contribution in [3.05, 3.63) is 0 Å². The van der Waals surface area contributed by atoms with Crippen LogP contribution in [-0.4, -0.2) is 55.6 Å². The topological polar surface area (TPSA) is 84.7 Å². The monoisotopic (exact) mass is 255 g/mol. The van der Waals surface area contributed by atoms with Crippen molar-refractivity contribution in [2.75, 3.05) is 32.8 Å². The second-order valence-electron chi connectivity index (χ2n) is 4.97. The third kappa shape index (κ3) is 3.20. The van der Waals surface area contributed by atoms with E-state index in [1.807, 2.05) is 4.90 Å². The molecule has 2 unspecified atom stereocenters. The van der Waals surface area contributed by atoms with E-state index in [9.17, 15) is 9.59 Å². The Balaban J connectivity index is 1.73. The zero-order chi connectivity index (χ0) is 13.0. The number of rotatable bonds is 3. The summed E-state index contributed by atoms with van der Waals surface area (Å²) in [4.78, 5) is 25.5. The number of likely N-dealkylation sites (tertiary alicyclic amines) is 1. The molecule has 0 spiro atoms. The molecule has 6 nitrogen and oxygen atoms in total. The molecule has 2 aliphatic rings. The van der Waals surface area contributed by atoms with E-state index < -0.39 is 0 Å². The standard InChI is InChI=1S/C12H21N3O3/c13-10-8-18-7-9(10)12(17)14-6-11(16)15-4-2-1-3-5-15/h9-10H,1-8,13H2,(H,14,17). The molecule has 0 aromatic rings. The lowest BCUT2D eigenvalue weighted by atomic mass is 10.0. The van der Waals surface area contributed by atoms with E-state index in [1.54, 1.807) is 0 Å². The smallest absolute Gasteiger partial charge is 0.241 e. The number of piperidine rings is 1. The summed E-state index contributed by atoms with van der Waals surface area (Å²) in [6.07, 6.45) is 3.30. The minimum Gasteiger partial charge on any atom is -0.379 e. The molecular weight excluding hydrogens is 234 g/mol. The van der Waals surface area contributed by atoms with Crippen molar-refractivity contribution in [1.29, 1.82) is 0 Å². The fourth-order valence-corrected chi connectivity index (χ4v) is 2.39. The maximum atomic E-state index is 11.8. The molecule has 2 fully saturated rings. The Hall–Kier alpha value is -1.14. The first kappa shape index (κ1) is 13.3. The average Bonchev–Trinajstić information content (AvgIpc) is 2.83. The van der Waals surface area contributed by atoms with Gasteiger partial charge in [0.25, 0.3) is 0 Å². The zero-order valence-corrected chi connectivity index (χ0v) is 10.6. The first-order valence-electron chi connectivity index (χ1n) is 6.57. The lowest BCUT2D eigenvalue weighted by Crippen LogP contribution is -2.46. The number of hydrogen-bond acceptors (Lipinski definition) is 4. The molecule has 3 N–H and O–H groups in total. The van der Waals surface area contributed by atoms with Crippen LogP contribution in [0.25, 0.3) is 0 Å². The van der Waals surface area contributed by atoms with Crippen LogP contribution in [0, 0.1) is 5.92 Å². The highest BCUT2D eigenvalue weighted by atomic mass is 16.5. The van der Waals surface area contributed by atoms with Gasteiger partial charge in [-0.2, -0.15) is 0 Å². The summed E-state index contributed by atoms with van der Waals surface area (Å²) in [7, 11) is 0. The Bertz CT molecular complexity index is 316. The van der Waals surface area contributed by atoms with E-state index in [1.165, 1.54) is 6.42 Å². The van der Waals surface area contributed by atoms with E-state index >= 15 is 0 Å². The van der Waals surface area contributed by atoms with Crippen LogP contribution in [0.15, 0.2) is 0 Å². The molecule has 2 saturated heterocycles. The van der Waals surface area contributed by atoms with Crippen LogP contribution in [0.4, 0.5) is 0 Å². The maximum Gasteiger partial charge on any atom is 0.241 e. The van der Waals surface area contributed by atoms with E-state index in [2.05, 4.69) is 5.32 Å². The van der Waals surface area contributed by atoms with E-state index in [-0.39, 0.29) is 30.3 Å². The van der Waals surface area contributed by atoms with Crippen molar-refractivity contribution in [3.63, 3.8) is 0 Å². The third-order valence-electron chi connectivity index (χ3n) is 3.58. The van der Waals surface area contributed by atoms with Gasteiger partial charge in [0.1, 0.15) is 0 Å². The SMILES string of the molecule is NC1COCC1C(=O)NCC(=O)N1CCCCC1. The first-order valence-corrected chi connectivity index (χ1v) is 6.57. The van der Waals surface area contributed by atoms with Crippen LogP contribution < -0.4 is 11.1 Å². The van der Waals surface area contributed by atoms with Crippen LogP contribution in [0.5, 0.6) is 0 Å². The van der Waals surface area contributed by atoms with Gasteiger partial charge in [0.15, 0.2) is 0 Å². The minimum absolute atomic E-state index is 0.00413. The number of nitrogens with one attached hydrogen (secondary N) is 1. The average molecular weight is 255 g/mol. The Labute approximate surface area is 107 Å². The summed E-state index contributed by atoms with van der Waals surface area (Å²) in [6.45, 7) is 2.45. The highest BCUT2D eigenvalue weighted by molar-refractivity contribution is 5.86. The van der Waals surface area contributed by atoms with E-state index in [4.69, 9.17) is 10.5 Å². The molecule has 6 heteroatoms. The lowest BCUT2D eigenvalue weighted by Gasteiger charge is -2.27. The summed E-state index contributed by atoms with van der Waals surface area (Å²) in [5.41, 5.74) is 5.75. The van der Waals surface area contributed by atoms with Crippen molar-refractivity contribution < 1.29 is 14.3 Å². The fraction of sp³-hybridized carbons (Fsp3) is 0.833. The van der Waals surface area contributed by atoms with Crippen LogP contribution in [0.3, 0.4) is 0 Å². The first-order chi connectivity index (χ1) is 8.68. The van der Waals surface area contributed by atoms with Gasteiger partial charge >= 0.3 is 0 Å². The zero-order valence-electron chi connectivity index (χ0n) is 10.6. The molecule has 0 aromatic heterocycles. The van der Waals surface area contributed by atoms with Gasteiger partial charge in [0.05, 0.1) is 25.7 Å². The highest BCUT2D eigenvalue weighted by Gasteiger charge is 2.31. The number of carbonyl (C=O) groups excluding carboxylic acids is 2. The Morgan fingerprint density at radius 1 is 1.22 bits per heavy atom. The van der Waals surface area contributed by atoms with Gasteiger partial charge in [-0.1, -0.05) is 0 Å². The third-order valence-corrected chi connectivity index (χ3v) is 3.58. The summed E-state index contributed by atoms with van der Waals surface area (Å²) < 4.78 is 5.13. The largest absolute Gasteiger partial charge is 0.379 e. The molecule has 0 bridgehead atoms. The molecule has 2 rings (SSSR count). The normalized spacial score (nSPS) is 28.2. The molecule has 2 atom stereocenters. The van der Waals surface area contributed by atoms with Crippen molar-refractivity contribution in [3.8, 4) is 0 Å². The van der Waals surface area contributed by atoms with Gasteiger partial charge in [0, 0.05) is 19.1 Å². The number of carbonyl (C=O) groups is 2. The van der Waals surface area contributed by atoms with Gasteiger partial charge in [-0.3, -0.25) is 9.59 Å². The number of amides is 2. The predicted molar refractivity (Wildman–Crippen MR) is 65.7 cm³/mol. The van der Waals surface area contributed by atoms with Gasteiger partial charge in [-0.15, -0.1) is 0 Å². The van der Waals surface area contributed by atoms with Crippen molar-refractivity contribution >= 4 is 11.8 Å². The molecule has 0 aromatic carbocycles. The van der Waals surface area contributed by atoms with Crippen molar-refractivity contribution in [1.82, 2.24) is 10.2 Å². The van der Waals surface area contributed by atoms with Crippen LogP contribution >= 0.6 is 0 Å². The summed E-state index contributed by atoms with van der Waals surface area (Å²) in [5.74, 6) is -0.500. The minimum atomic E-state index is -0.320. The molecule has 0 radical (unpaired) electrons. The predicted octanol–water partition coefficient (Wildman–Crippen LogP) is -0.911. The molecule has 0 aliphatic carbocycles. The highest BCUT2D eigenvalue weighted by Crippen LogP contribution is 2.12. The molecule has 102 valence electrons. The van der Waals surface area contributed by atoms with Crippen molar-refractivity contribution in [2.24, 2.45) is 11.7 Å². The van der Waals surface area contributed by atoms with Crippen molar-refractivity contribution in [2.45, 2.75) is 25.3 Å². The maximum absolute atomic E-state index is 11.8. The number of hydrogen-bond donors (Lipinski definition) is 2. The lowest BCUT2D eigenvalue weighted by molar-refractivity contribution is -0.134. The van der Waals surface area contributed by atoms with Crippen LogP contribution in [0.1, 0.15) is 19.3 Å². The Morgan fingerprint density at radius 2 is 1.94 bits per heavy atom. The van der Waals surface area contributed by atoms with E-state index in [0.717, 1.165) is 25.9 Å². The number of nitrogens with two attached hydrogens (primary N) is 1. The molecule has 2 heterocycles.